The van der Waals surface area contributed by atoms with E-state index in [1.54, 1.807) is 16.0 Å². The van der Waals surface area contributed by atoms with E-state index < -0.39 is 0 Å². The standard InChI is InChI=1S/C16H18N6OS2/c1-21(2)13-7-5-12(6-8-13)17-15(23)11-25-16-18-19-20-22(16)10-14-4-3-9-24-14/h3-9H,10-11H2,1-2H3,(H,17,23). The summed E-state index contributed by atoms with van der Waals surface area (Å²) in [6, 6.07) is 11.7. The molecule has 0 radical (unpaired) electrons. The maximum absolute atomic E-state index is 12.1. The van der Waals surface area contributed by atoms with Crippen LogP contribution in [0.5, 0.6) is 0 Å². The van der Waals surface area contributed by atoms with Gasteiger partial charge in [0, 0.05) is 30.3 Å². The molecule has 9 heteroatoms. The van der Waals surface area contributed by atoms with Crippen molar-refractivity contribution in [3.8, 4) is 0 Å². The van der Waals surface area contributed by atoms with E-state index in [0.717, 1.165) is 11.4 Å². The Morgan fingerprint density at radius 3 is 2.76 bits per heavy atom. The summed E-state index contributed by atoms with van der Waals surface area (Å²) in [6.07, 6.45) is 0. The van der Waals surface area contributed by atoms with Gasteiger partial charge in [0.05, 0.1) is 12.3 Å². The van der Waals surface area contributed by atoms with Gasteiger partial charge in [-0.05, 0) is 46.1 Å². The Morgan fingerprint density at radius 1 is 1.28 bits per heavy atom. The first kappa shape index (κ1) is 17.4. The molecule has 7 nitrogen and oxygen atoms in total. The molecular formula is C16H18N6OS2. The fourth-order valence-electron chi connectivity index (χ4n) is 2.12. The first-order valence-corrected chi connectivity index (χ1v) is 9.47. The van der Waals surface area contributed by atoms with Gasteiger partial charge in [0.25, 0.3) is 0 Å². The molecule has 0 unspecified atom stereocenters. The normalized spacial score (nSPS) is 10.6. The molecule has 0 aliphatic rings. The maximum atomic E-state index is 12.1. The Labute approximate surface area is 154 Å². The molecule has 0 aliphatic carbocycles. The molecule has 2 aromatic heterocycles. The van der Waals surface area contributed by atoms with Crippen molar-refractivity contribution in [2.24, 2.45) is 0 Å². The van der Waals surface area contributed by atoms with E-state index in [-0.39, 0.29) is 11.7 Å². The summed E-state index contributed by atoms with van der Waals surface area (Å²) < 4.78 is 1.70. The summed E-state index contributed by atoms with van der Waals surface area (Å²) in [6.45, 7) is 0.612. The molecule has 1 aromatic carbocycles. The van der Waals surface area contributed by atoms with Crippen LogP contribution in [0.2, 0.25) is 0 Å². The molecule has 0 saturated heterocycles. The second-order valence-electron chi connectivity index (χ2n) is 5.48. The van der Waals surface area contributed by atoms with Crippen LogP contribution in [0.15, 0.2) is 46.9 Å². The Balaban J connectivity index is 1.53. The van der Waals surface area contributed by atoms with Crippen LogP contribution in [0.25, 0.3) is 0 Å². The van der Waals surface area contributed by atoms with Crippen LogP contribution in [0, 0.1) is 0 Å². The van der Waals surface area contributed by atoms with E-state index in [9.17, 15) is 4.79 Å². The minimum atomic E-state index is -0.0896. The van der Waals surface area contributed by atoms with Crippen LogP contribution in [-0.4, -0.2) is 46.0 Å². The van der Waals surface area contributed by atoms with Crippen molar-refractivity contribution in [3.05, 3.63) is 46.7 Å². The predicted molar refractivity (Wildman–Crippen MR) is 101 cm³/mol. The molecule has 0 bridgehead atoms. The number of thioether (sulfide) groups is 1. The lowest BCUT2D eigenvalue weighted by molar-refractivity contribution is -0.113. The van der Waals surface area contributed by atoms with E-state index in [1.165, 1.54) is 16.6 Å². The van der Waals surface area contributed by atoms with E-state index >= 15 is 0 Å². The number of thiophene rings is 1. The third-order valence-electron chi connectivity index (χ3n) is 3.38. The summed E-state index contributed by atoms with van der Waals surface area (Å²) in [7, 11) is 3.95. The van der Waals surface area contributed by atoms with Crippen molar-refractivity contribution in [2.45, 2.75) is 11.7 Å². The monoisotopic (exact) mass is 374 g/mol. The predicted octanol–water partition coefficient (Wildman–Crippen LogP) is 2.58. The zero-order valence-corrected chi connectivity index (χ0v) is 15.5. The third kappa shape index (κ3) is 4.80. The van der Waals surface area contributed by atoms with Crippen LogP contribution in [0.4, 0.5) is 11.4 Å². The molecule has 130 valence electrons. The van der Waals surface area contributed by atoms with Gasteiger partial charge in [0.15, 0.2) is 0 Å². The van der Waals surface area contributed by atoms with Gasteiger partial charge in [-0.25, -0.2) is 4.68 Å². The van der Waals surface area contributed by atoms with E-state index in [0.29, 0.717) is 11.7 Å². The van der Waals surface area contributed by atoms with Crippen molar-refractivity contribution in [1.29, 1.82) is 0 Å². The fraction of sp³-hybridized carbons (Fsp3) is 0.250. The van der Waals surface area contributed by atoms with Crippen molar-refractivity contribution >= 4 is 40.4 Å². The van der Waals surface area contributed by atoms with Crippen molar-refractivity contribution in [3.63, 3.8) is 0 Å². The highest BCUT2D eigenvalue weighted by Crippen LogP contribution is 2.19. The van der Waals surface area contributed by atoms with E-state index in [4.69, 9.17) is 0 Å². The molecule has 0 spiro atoms. The number of carbonyl (C=O) groups is 1. The molecule has 3 rings (SSSR count). The molecule has 0 saturated carbocycles. The summed E-state index contributed by atoms with van der Waals surface area (Å²) >= 11 is 2.97. The van der Waals surface area contributed by atoms with Gasteiger partial charge in [-0.2, -0.15) is 0 Å². The topological polar surface area (TPSA) is 75.9 Å². The number of rotatable bonds is 7. The fourth-order valence-corrected chi connectivity index (χ4v) is 3.48. The Kier molecular flexibility index (Phi) is 5.67. The molecular weight excluding hydrogens is 356 g/mol. The molecule has 2 heterocycles. The number of anilines is 2. The van der Waals surface area contributed by atoms with Gasteiger partial charge < -0.3 is 10.2 Å². The van der Waals surface area contributed by atoms with Crippen LogP contribution < -0.4 is 10.2 Å². The first-order chi connectivity index (χ1) is 12.1. The Hall–Kier alpha value is -2.39. The smallest absolute Gasteiger partial charge is 0.234 e. The van der Waals surface area contributed by atoms with Crippen molar-refractivity contribution < 1.29 is 4.79 Å². The highest BCUT2D eigenvalue weighted by molar-refractivity contribution is 7.99. The second kappa shape index (κ2) is 8.13. The number of tetrazole rings is 1. The number of amides is 1. The summed E-state index contributed by atoms with van der Waals surface area (Å²) in [4.78, 5) is 15.3. The average Bonchev–Trinajstić information content (AvgIpc) is 3.26. The molecule has 0 aliphatic heterocycles. The lowest BCUT2D eigenvalue weighted by atomic mass is 10.2. The van der Waals surface area contributed by atoms with Gasteiger partial charge >= 0.3 is 0 Å². The lowest BCUT2D eigenvalue weighted by Crippen LogP contribution is -2.15. The summed E-state index contributed by atoms with van der Waals surface area (Å²) in [5, 5.41) is 17.2. The number of hydrogen-bond acceptors (Lipinski definition) is 7. The van der Waals surface area contributed by atoms with Crippen LogP contribution >= 0.6 is 23.1 Å². The molecule has 25 heavy (non-hydrogen) atoms. The number of benzene rings is 1. The number of aromatic nitrogens is 4. The maximum Gasteiger partial charge on any atom is 0.234 e. The van der Waals surface area contributed by atoms with Crippen LogP contribution in [0.3, 0.4) is 0 Å². The largest absolute Gasteiger partial charge is 0.378 e. The van der Waals surface area contributed by atoms with Crippen LogP contribution in [-0.2, 0) is 11.3 Å². The molecule has 1 N–H and O–H groups in total. The zero-order chi connectivity index (χ0) is 17.6. The quantitative estimate of drug-likeness (QED) is 0.641. The zero-order valence-electron chi connectivity index (χ0n) is 13.9. The number of carbonyl (C=O) groups excluding carboxylic acids is 1. The molecule has 0 atom stereocenters. The summed E-state index contributed by atoms with van der Waals surface area (Å²) in [5.74, 6) is 0.161. The third-order valence-corrected chi connectivity index (χ3v) is 5.20. The van der Waals surface area contributed by atoms with Gasteiger partial charge in [0.2, 0.25) is 11.1 Å². The summed E-state index contributed by atoms with van der Waals surface area (Å²) in [5.41, 5.74) is 1.86. The molecule has 1 amide bonds. The lowest BCUT2D eigenvalue weighted by Gasteiger charge is -2.13. The SMILES string of the molecule is CN(C)c1ccc(NC(=O)CSc2nnnn2Cc2cccs2)cc1. The van der Waals surface area contributed by atoms with Crippen molar-refractivity contribution in [2.75, 3.05) is 30.1 Å². The van der Waals surface area contributed by atoms with Gasteiger partial charge in [-0.1, -0.05) is 17.8 Å². The number of hydrogen-bond donors (Lipinski definition) is 1. The molecule has 0 fully saturated rings. The minimum absolute atomic E-state index is 0.0896. The minimum Gasteiger partial charge on any atom is -0.378 e. The number of nitrogens with one attached hydrogen (secondary N) is 1. The molecule has 3 aromatic rings. The first-order valence-electron chi connectivity index (χ1n) is 7.60. The van der Waals surface area contributed by atoms with Gasteiger partial charge in [-0.3, -0.25) is 4.79 Å². The average molecular weight is 374 g/mol. The second-order valence-corrected chi connectivity index (χ2v) is 7.45. The van der Waals surface area contributed by atoms with E-state index in [1.807, 2.05) is 60.8 Å². The van der Waals surface area contributed by atoms with Gasteiger partial charge in [-0.15, -0.1) is 16.4 Å². The highest BCUT2D eigenvalue weighted by Gasteiger charge is 2.11. The van der Waals surface area contributed by atoms with Crippen LogP contribution in [0.1, 0.15) is 4.88 Å². The Bertz CT molecular complexity index is 814. The van der Waals surface area contributed by atoms with E-state index in [2.05, 4.69) is 20.8 Å². The Morgan fingerprint density at radius 2 is 2.08 bits per heavy atom. The van der Waals surface area contributed by atoms with Gasteiger partial charge in [0.1, 0.15) is 0 Å². The van der Waals surface area contributed by atoms with Crippen molar-refractivity contribution in [1.82, 2.24) is 20.2 Å². The number of nitrogens with zero attached hydrogens (tertiary/aromatic N) is 5. The highest BCUT2D eigenvalue weighted by atomic mass is 32.2.